The summed E-state index contributed by atoms with van der Waals surface area (Å²) >= 11 is 0. The van der Waals surface area contributed by atoms with E-state index in [0.29, 0.717) is 11.8 Å². The number of carbonyl (C=O) groups is 2. The number of rotatable bonds is 5. The van der Waals surface area contributed by atoms with E-state index in [-0.39, 0.29) is 28.2 Å². The molecule has 0 bridgehead atoms. The van der Waals surface area contributed by atoms with Gasteiger partial charge in [-0.05, 0) is 30.7 Å². The Hall–Kier alpha value is -3.28. The summed E-state index contributed by atoms with van der Waals surface area (Å²) in [6.45, 7) is 1.39. The number of hydrogen-bond donors (Lipinski definition) is 3. The molecule has 0 aliphatic carbocycles. The molecule has 0 spiro atoms. The number of aromatic hydroxyl groups is 3. The molecule has 3 N–H and O–H groups in total. The van der Waals surface area contributed by atoms with Gasteiger partial charge in [0.25, 0.3) is 0 Å². The molecule has 0 fully saturated rings. The first kappa shape index (κ1) is 17.1. The third-order valence-corrected chi connectivity index (χ3v) is 3.56. The van der Waals surface area contributed by atoms with Crippen LogP contribution in [-0.2, 0) is 0 Å². The molecule has 0 radical (unpaired) electrons. The number of ketones is 1. The van der Waals surface area contributed by atoms with Crippen LogP contribution in [0.3, 0.4) is 0 Å². The van der Waals surface area contributed by atoms with E-state index in [0.717, 1.165) is 0 Å². The van der Waals surface area contributed by atoms with Gasteiger partial charge in [0, 0.05) is 5.56 Å². The lowest BCUT2D eigenvalue weighted by molar-refractivity contribution is 0.104. The summed E-state index contributed by atoms with van der Waals surface area (Å²) in [4.78, 5) is 23.6. The number of benzene rings is 2. The van der Waals surface area contributed by atoms with Crippen LogP contribution in [0.5, 0.6) is 23.0 Å². The fourth-order valence-electron chi connectivity index (χ4n) is 2.24. The van der Waals surface area contributed by atoms with Crippen LogP contribution in [0.1, 0.15) is 31.8 Å². The van der Waals surface area contributed by atoms with E-state index < -0.39 is 17.3 Å². The highest BCUT2D eigenvalue weighted by atomic mass is 16.5. The number of hydrogen-bond acceptors (Lipinski definition) is 6. The summed E-state index contributed by atoms with van der Waals surface area (Å²) in [5, 5.41) is 29.3. The summed E-state index contributed by atoms with van der Waals surface area (Å²) in [5.74, 6) is -1.56. The molecule has 124 valence electrons. The first-order chi connectivity index (χ1) is 11.4. The van der Waals surface area contributed by atoms with Crippen molar-refractivity contribution < 1.29 is 29.6 Å². The van der Waals surface area contributed by atoms with E-state index in [9.17, 15) is 24.9 Å². The van der Waals surface area contributed by atoms with Gasteiger partial charge in [0.1, 0.15) is 28.6 Å². The van der Waals surface area contributed by atoms with Crippen LogP contribution in [0.2, 0.25) is 0 Å². The number of phenolic OH excluding ortho intramolecular Hbond substituents is 3. The van der Waals surface area contributed by atoms with Crippen molar-refractivity contribution in [1.82, 2.24) is 0 Å². The molecule has 0 aromatic heterocycles. The molecule has 0 saturated carbocycles. The predicted octanol–water partition coefficient (Wildman–Crippen LogP) is 2.83. The van der Waals surface area contributed by atoms with Crippen LogP contribution >= 0.6 is 0 Å². The molecule has 2 aromatic rings. The van der Waals surface area contributed by atoms with Gasteiger partial charge in [-0.3, -0.25) is 9.59 Å². The minimum absolute atomic E-state index is 0.0132. The molecular weight excluding hydrogens is 312 g/mol. The highest BCUT2D eigenvalue weighted by Gasteiger charge is 2.25. The van der Waals surface area contributed by atoms with Gasteiger partial charge >= 0.3 is 0 Å². The molecule has 0 unspecified atom stereocenters. The Labute approximate surface area is 138 Å². The highest BCUT2D eigenvalue weighted by Crippen LogP contribution is 2.41. The minimum atomic E-state index is -0.594. The van der Waals surface area contributed by atoms with Crippen molar-refractivity contribution in [3.05, 3.63) is 52.6 Å². The van der Waals surface area contributed by atoms with Crippen LogP contribution in [-0.4, -0.2) is 34.5 Å². The van der Waals surface area contributed by atoms with Gasteiger partial charge in [-0.2, -0.15) is 0 Å². The van der Waals surface area contributed by atoms with E-state index in [4.69, 9.17) is 4.74 Å². The van der Waals surface area contributed by atoms with Gasteiger partial charge in [0.2, 0.25) is 0 Å². The quantitative estimate of drug-likeness (QED) is 0.443. The van der Waals surface area contributed by atoms with Crippen molar-refractivity contribution >= 4 is 18.1 Å². The van der Waals surface area contributed by atoms with Crippen molar-refractivity contribution in [2.24, 2.45) is 0 Å². The highest BCUT2D eigenvalue weighted by molar-refractivity contribution is 6.12. The third kappa shape index (κ3) is 3.08. The van der Waals surface area contributed by atoms with Crippen molar-refractivity contribution in [2.45, 2.75) is 6.92 Å². The van der Waals surface area contributed by atoms with Crippen molar-refractivity contribution in [1.29, 1.82) is 0 Å². The summed E-state index contributed by atoms with van der Waals surface area (Å²) in [7, 11) is 1.23. The molecule has 6 heteroatoms. The number of aldehydes is 1. The molecule has 0 aliphatic rings. The SMILES string of the molecule is COc1c(C=O)c(O)c(C)c(O)c1C(=O)/C=C/c1ccc(O)cc1. The second-order valence-corrected chi connectivity index (χ2v) is 5.05. The second-order valence-electron chi connectivity index (χ2n) is 5.05. The molecule has 6 nitrogen and oxygen atoms in total. The summed E-state index contributed by atoms with van der Waals surface area (Å²) in [5.41, 5.74) is 0.268. The maximum absolute atomic E-state index is 12.4. The molecule has 0 heterocycles. The smallest absolute Gasteiger partial charge is 0.193 e. The van der Waals surface area contributed by atoms with Crippen LogP contribution < -0.4 is 4.74 Å². The van der Waals surface area contributed by atoms with E-state index in [1.54, 1.807) is 12.1 Å². The Balaban J connectivity index is 2.50. The lowest BCUT2D eigenvalue weighted by Gasteiger charge is -2.14. The Morgan fingerprint density at radius 1 is 1.08 bits per heavy atom. The van der Waals surface area contributed by atoms with Gasteiger partial charge in [-0.25, -0.2) is 0 Å². The fourth-order valence-corrected chi connectivity index (χ4v) is 2.24. The Morgan fingerprint density at radius 2 is 1.71 bits per heavy atom. The van der Waals surface area contributed by atoms with Crippen molar-refractivity contribution in [3.8, 4) is 23.0 Å². The molecular formula is C18H16O6. The summed E-state index contributed by atoms with van der Waals surface area (Å²) in [6.07, 6.45) is 3.06. The number of ether oxygens (including phenoxy) is 1. The second kappa shape index (κ2) is 6.87. The van der Waals surface area contributed by atoms with Gasteiger partial charge in [0.15, 0.2) is 12.1 Å². The molecule has 24 heavy (non-hydrogen) atoms. The third-order valence-electron chi connectivity index (χ3n) is 3.56. The lowest BCUT2D eigenvalue weighted by Crippen LogP contribution is -2.05. The Bertz CT molecular complexity index is 819. The number of phenols is 3. The molecule has 0 atom stereocenters. The Kier molecular flexibility index (Phi) is 4.89. The fraction of sp³-hybridized carbons (Fsp3) is 0.111. The lowest BCUT2D eigenvalue weighted by atomic mass is 9.98. The molecule has 2 aromatic carbocycles. The van der Waals surface area contributed by atoms with Gasteiger partial charge in [0.05, 0.1) is 12.7 Å². The largest absolute Gasteiger partial charge is 0.508 e. The van der Waals surface area contributed by atoms with Crippen LogP contribution in [0.15, 0.2) is 30.3 Å². The minimum Gasteiger partial charge on any atom is -0.508 e. The standard InChI is InChI=1S/C18H16O6/c1-10-16(22)13(9-19)18(24-2)15(17(10)23)14(21)8-5-11-3-6-12(20)7-4-11/h3-9,20,22-23H,1-2H3/b8-5+. The van der Waals surface area contributed by atoms with Gasteiger partial charge in [-0.1, -0.05) is 18.2 Å². The van der Waals surface area contributed by atoms with Crippen molar-refractivity contribution in [3.63, 3.8) is 0 Å². The average Bonchev–Trinajstić information content (AvgIpc) is 2.58. The maximum Gasteiger partial charge on any atom is 0.193 e. The molecule has 0 saturated heterocycles. The van der Waals surface area contributed by atoms with E-state index in [1.807, 2.05) is 0 Å². The summed E-state index contributed by atoms with van der Waals surface area (Å²) in [6, 6.07) is 6.15. The van der Waals surface area contributed by atoms with E-state index in [1.165, 1.54) is 38.3 Å². The zero-order chi connectivity index (χ0) is 17.9. The number of allylic oxidation sites excluding steroid dienone is 1. The van der Waals surface area contributed by atoms with E-state index in [2.05, 4.69) is 0 Å². The first-order valence-corrected chi connectivity index (χ1v) is 6.99. The first-order valence-electron chi connectivity index (χ1n) is 6.99. The normalized spacial score (nSPS) is 10.8. The zero-order valence-electron chi connectivity index (χ0n) is 13.1. The van der Waals surface area contributed by atoms with Gasteiger partial charge < -0.3 is 20.1 Å². The topological polar surface area (TPSA) is 104 Å². The molecule has 2 rings (SSSR count). The number of methoxy groups -OCH3 is 1. The molecule has 0 amide bonds. The predicted molar refractivity (Wildman–Crippen MR) is 87.9 cm³/mol. The summed E-state index contributed by atoms with van der Waals surface area (Å²) < 4.78 is 5.03. The van der Waals surface area contributed by atoms with Crippen molar-refractivity contribution in [2.75, 3.05) is 7.11 Å². The monoisotopic (exact) mass is 328 g/mol. The zero-order valence-corrected chi connectivity index (χ0v) is 13.1. The van der Waals surface area contributed by atoms with Crippen LogP contribution in [0.25, 0.3) is 6.08 Å². The maximum atomic E-state index is 12.4. The molecule has 0 aliphatic heterocycles. The number of carbonyl (C=O) groups excluding carboxylic acids is 2. The van der Waals surface area contributed by atoms with Crippen LogP contribution in [0.4, 0.5) is 0 Å². The van der Waals surface area contributed by atoms with Crippen LogP contribution in [0, 0.1) is 6.92 Å². The Morgan fingerprint density at radius 3 is 2.25 bits per heavy atom. The van der Waals surface area contributed by atoms with Gasteiger partial charge in [-0.15, -0.1) is 0 Å². The average molecular weight is 328 g/mol. The van der Waals surface area contributed by atoms with E-state index >= 15 is 0 Å².